The second kappa shape index (κ2) is 14.9. The smallest absolute Gasteiger partial charge is 0.146 e. The van der Waals surface area contributed by atoms with Gasteiger partial charge in [-0.05, 0) is 95.0 Å². The third kappa shape index (κ3) is 7.44. The first kappa shape index (κ1) is 31.2. The van der Waals surface area contributed by atoms with E-state index in [2.05, 4.69) is 51.8 Å². The Kier molecular flexibility index (Phi) is 11.9. The van der Waals surface area contributed by atoms with Crippen molar-refractivity contribution >= 4 is 63.9 Å². The van der Waals surface area contributed by atoms with Crippen LogP contribution in [0.3, 0.4) is 0 Å². The van der Waals surface area contributed by atoms with E-state index in [9.17, 15) is 5.11 Å². The van der Waals surface area contributed by atoms with Crippen LogP contribution in [0.15, 0.2) is 48.7 Å². The molecule has 0 unspecified atom stereocenters. The van der Waals surface area contributed by atoms with Crippen LogP contribution in [0.5, 0.6) is 5.75 Å². The quantitative estimate of drug-likeness (QED) is 0.167. The molecule has 5 rings (SSSR count). The lowest BCUT2D eigenvalue weighted by molar-refractivity contribution is 0.325. The van der Waals surface area contributed by atoms with Crippen LogP contribution in [0.2, 0.25) is 5.02 Å². The van der Waals surface area contributed by atoms with Crippen LogP contribution in [0.4, 0.5) is 5.69 Å². The molecule has 9 heteroatoms. The molecule has 0 spiro atoms. The van der Waals surface area contributed by atoms with Crippen molar-refractivity contribution in [1.82, 2.24) is 20.2 Å². The van der Waals surface area contributed by atoms with E-state index in [1.165, 1.54) is 35.2 Å². The highest BCUT2D eigenvalue weighted by Crippen LogP contribution is 2.34. The Morgan fingerprint density at radius 3 is 2.56 bits per heavy atom. The molecule has 39 heavy (non-hydrogen) atoms. The Bertz CT molecular complexity index is 1380. The van der Waals surface area contributed by atoms with Gasteiger partial charge >= 0.3 is 0 Å². The average molecular weight is 591 g/mol. The second-order valence-corrected chi connectivity index (χ2v) is 10.4. The summed E-state index contributed by atoms with van der Waals surface area (Å²) in [5.74, 6) is 0.209. The molecular weight excluding hydrogens is 553 g/mol. The highest BCUT2D eigenvalue weighted by molar-refractivity contribution is 6.35. The minimum Gasteiger partial charge on any atom is -0.505 e. The number of aryl methyl sites for hydroxylation is 1. The molecule has 0 bridgehead atoms. The number of nitrogens with zero attached hydrogens (tertiary/aromatic N) is 3. The summed E-state index contributed by atoms with van der Waals surface area (Å²) in [5.41, 5.74) is 6.46. The standard InChI is InChI=1S/C30H36ClN5O.2ClH/c1-36(17-7-14-32-20-21-19-25(31)22-11-6-15-34-29(22)30(21)37)18-8-16-33-28-23-9-2-4-12-26(23)35-27-13-5-3-10-24(27)28;;/h2,4,6,9,11-12,15,19,32,37H,3,5,7-8,10,13-14,16-18,20H2,1H3,(H,33,35);2*1H. The number of aromatic hydroxyl groups is 1. The number of para-hydroxylation sites is 1. The lowest BCUT2D eigenvalue weighted by atomic mass is 9.92. The van der Waals surface area contributed by atoms with Gasteiger partial charge in [-0.1, -0.05) is 29.8 Å². The van der Waals surface area contributed by atoms with E-state index >= 15 is 0 Å². The molecule has 1 aliphatic rings. The highest BCUT2D eigenvalue weighted by Gasteiger charge is 2.18. The maximum absolute atomic E-state index is 10.6. The molecule has 0 amide bonds. The molecule has 0 saturated heterocycles. The van der Waals surface area contributed by atoms with Crippen LogP contribution < -0.4 is 10.6 Å². The summed E-state index contributed by atoms with van der Waals surface area (Å²) in [7, 11) is 2.18. The van der Waals surface area contributed by atoms with Gasteiger partial charge < -0.3 is 20.6 Å². The molecule has 0 saturated carbocycles. The Morgan fingerprint density at radius 1 is 0.974 bits per heavy atom. The Morgan fingerprint density at radius 2 is 1.72 bits per heavy atom. The molecule has 0 fully saturated rings. The lowest BCUT2D eigenvalue weighted by Crippen LogP contribution is -2.26. The second-order valence-electron chi connectivity index (χ2n) is 10.0. The van der Waals surface area contributed by atoms with Crippen LogP contribution in [0.25, 0.3) is 21.8 Å². The van der Waals surface area contributed by atoms with E-state index in [0.29, 0.717) is 17.1 Å². The fourth-order valence-electron chi connectivity index (χ4n) is 5.32. The average Bonchev–Trinajstić information content (AvgIpc) is 2.93. The number of pyridine rings is 2. The molecule has 0 aliphatic heterocycles. The molecule has 1 aliphatic carbocycles. The molecule has 210 valence electrons. The largest absolute Gasteiger partial charge is 0.505 e. The van der Waals surface area contributed by atoms with Gasteiger partial charge in [0.15, 0.2) is 0 Å². The summed E-state index contributed by atoms with van der Waals surface area (Å²) in [6, 6.07) is 14.0. The van der Waals surface area contributed by atoms with E-state index in [1.807, 2.05) is 18.2 Å². The molecule has 0 radical (unpaired) electrons. The van der Waals surface area contributed by atoms with Crippen molar-refractivity contribution in [3.8, 4) is 5.75 Å². The first-order chi connectivity index (χ1) is 18.1. The van der Waals surface area contributed by atoms with Crippen LogP contribution >= 0.6 is 36.4 Å². The summed E-state index contributed by atoms with van der Waals surface area (Å²) < 4.78 is 0. The molecule has 4 aromatic rings. The van der Waals surface area contributed by atoms with Crippen molar-refractivity contribution in [2.75, 3.05) is 38.5 Å². The van der Waals surface area contributed by atoms with Gasteiger partial charge in [0.1, 0.15) is 11.3 Å². The molecule has 6 nitrogen and oxygen atoms in total. The number of hydrogen-bond donors (Lipinski definition) is 3. The van der Waals surface area contributed by atoms with Gasteiger partial charge in [-0.2, -0.15) is 0 Å². The first-order valence-corrected chi connectivity index (χ1v) is 13.8. The summed E-state index contributed by atoms with van der Waals surface area (Å²) in [5, 5.41) is 20.4. The van der Waals surface area contributed by atoms with Crippen molar-refractivity contribution in [1.29, 1.82) is 0 Å². The molecule has 3 N–H and O–H groups in total. The van der Waals surface area contributed by atoms with Gasteiger partial charge in [-0.3, -0.25) is 9.97 Å². The lowest BCUT2D eigenvalue weighted by Gasteiger charge is -2.22. The van der Waals surface area contributed by atoms with Gasteiger partial charge in [0.25, 0.3) is 0 Å². The molecule has 2 aromatic carbocycles. The SMILES string of the molecule is CN(CCCNCc1cc(Cl)c2cccnc2c1O)CCCNc1c2c(nc3ccccc13)CCCC2.Cl.Cl. The number of benzene rings is 2. The van der Waals surface area contributed by atoms with E-state index in [1.54, 1.807) is 6.20 Å². The monoisotopic (exact) mass is 589 g/mol. The number of phenols is 1. The number of aromatic nitrogens is 2. The summed E-state index contributed by atoms with van der Waals surface area (Å²) in [6.07, 6.45) is 8.51. The number of halogens is 3. The van der Waals surface area contributed by atoms with E-state index in [0.717, 1.165) is 68.3 Å². The topological polar surface area (TPSA) is 73.3 Å². The van der Waals surface area contributed by atoms with Gasteiger partial charge in [0.2, 0.25) is 0 Å². The van der Waals surface area contributed by atoms with Crippen molar-refractivity contribution < 1.29 is 5.11 Å². The van der Waals surface area contributed by atoms with Crippen LogP contribution in [-0.2, 0) is 19.4 Å². The van der Waals surface area contributed by atoms with Crippen LogP contribution in [0.1, 0.15) is 42.5 Å². The Labute approximate surface area is 248 Å². The zero-order chi connectivity index (χ0) is 25.6. The number of nitrogens with one attached hydrogen (secondary N) is 2. The fourth-order valence-corrected chi connectivity index (χ4v) is 5.60. The molecule has 2 heterocycles. The predicted molar refractivity (Wildman–Crippen MR) is 168 cm³/mol. The molecular formula is C30H38Cl3N5O. The van der Waals surface area contributed by atoms with Crippen LogP contribution in [0, 0.1) is 0 Å². The third-order valence-corrected chi connectivity index (χ3v) is 7.60. The number of hydrogen-bond acceptors (Lipinski definition) is 6. The van der Waals surface area contributed by atoms with Gasteiger partial charge in [0, 0.05) is 47.0 Å². The minimum absolute atomic E-state index is 0. The molecule has 2 aromatic heterocycles. The van der Waals surface area contributed by atoms with Crippen molar-refractivity contribution in [3.05, 3.63) is 70.5 Å². The van der Waals surface area contributed by atoms with Crippen molar-refractivity contribution in [2.24, 2.45) is 0 Å². The van der Waals surface area contributed by atoms with Gasteiger partial charge in [0.05, 0.1) is 10.5 Å². The maximum atomic E-state index is 10.6. The number of rotatable bonds is 11. The fraction of sp³-hybridized carbons (Fsp3) is 0.400. The highest BCUT2D eigenvalue weighted by atomic mass is 35.5. The Balaban J connectivity index is 0.00000210. The first-order valence-electron chi connectivity index (χ1n) is 13.4. The normalized spacial score (nSPS) is 12.7. The third-order valence-electron chi connectivity index (χ3n) is 7.29. The van der Waals surface area contributed by atoms with Crippen LogP contribution in [-0.4, -0.2) is 53.2 Å². The zero-order valence-corrected chi connectivity index (χ0v) is 24.8. The van der Waals surface area contributed by atoms with Crippen molar-refractivity contribution in [3.63, 3.8) is 0 Å². The maximum Gasteiger partial charge on any atom is 0.146 e. The molecule has 0 atom stereocenters. The summed E-state index contributed by atoms with van der Waals surface area (Å²) >= 11 is 6.39. The predicted octanol–water partition coefficient (Wildman–Crippen LogP) is 6.78. The minimum atomic E-state index is 0. The Hall–Kier alpha value is -2.35. The van der Waals surface area contributed by atoms with Crippen molar-refractivity contribution in [2.45, 2.75) is 45.1 Å². The zero-order valence-electron chi connectivity index (χ0n) is 22.4. The number of anilines is 1. The van der Waals surface area contributed by atoms with Gasteiger partial charge in [-0.25, -0.2) is 0 Å². The van der Waals surface area contributed by atoms with E-state index in [-0.39, 0.29) is 30.6 Å². The number of fused-ring (bicyclic) bond motifs is 3. The van der Waals surface area contributed by atoms with E-state index in [4.69, 9.17) is 16.6 Å². The van der Waals surface area contributed by atoms with E-state index < -0.39 is 0 Å². The summed E-state index contributed by atoms with van der Waals surface area (Å²) in [4.78, 5) is 11.6. The summed E-state index contributed by atoms with van der Waals surface area (Å²) in [6.45, 7) is 4.46. The van der Waals surface area contributed by atoms with Gasteiger partial charge in [-0.15, -0.1) is 24.8 Å². The number of phenolic OH excluding ortho intramolecular Hbond substituents is 1.